The molecule has 0 unspecified atom stereocenters. The van der Waals surface area contributed by atoms with Crippen LogP contribution in [0.5, 0.6) is 0 Å². The molecule has 3 rings (SSSR count). The first-order chi connectivity index (χ1) is 9.65. The summed E-state index contributed by atoms with van der Waals surface area (Å²) in [7, 11) is 0. The molecule has 0 saturated heterocycles. The van der Waals surface area contributed by atoms with Gasteiger partial charge in [-0.25, -0.2) is 8.78 Å². The van der Waals surface area contributed by atoms with Crippen molar-refractivity contribution in [3.63, 3.8) is 0 Å². The highest BCUT2D eigenvalue weighted by Crippen LogP contribution is 2.40. The predicted molar refractivity (Wildman–Crippen MR) is 76.9 cm³/mol. The Hall–Kier alpha value is -1.90. The van der Waals surface area contributed by atoms with Crippen LogP contribution in [-0.4, -0.2) is 6.04 Å². The lowest BCUT2D eigenvalue weighted by Crippen LogP contribution is -2.34. The fourth-order valence-corrected chi connectivity index (χ4v) is 2.87. The molecule has 2 aromatic carbocycles. The minimum absolute atomic E-state index is 0.000679. The minimum Gasteiger partial charge on any atom is -0.378 e. The van der Waals surface area contributed by atoms with E-state index in [0.717, 1.165) is 12.8 Å². The molecule has 0 aliphatic heterocycles. The number of nitrogens with one attached hydrogen (secondary N) is 1. The summed E-state index contributed by atoms with van der Waals surface area (Å²) in [6.45, 7) is 2.10. The number of halogens is 2. The largest absolute Gasteiger partial charge is 0.378 e. The molecule has 104 valence electrons. The summed E-state index contributed by atoms with van der Waals surface area (Å²) in [6.07, 6.45) is 1.83. The van der Waals surface area contributed by atoms with E-state index in [1.165, 1.54) is 29.3 Å². The summed E-state index contributed by atoms with van der Waals surface area (Å²) in [5.74, 6) is -0.558. The van der Waals surface area contributed by atoms with Crippen LogP contribution in [-0.2, 0) is 0 Å². The molecule has 1 nitrogen and oxygen atoms in total. The molecule has 2 aromatic rings. The maximum atomic E-state index is 13.6. The van der Waals surface area contributed by atoms with Gasteiger partial charge in [-0.15, -0.1) is 0 Å². The highest BCUT2D eigenvalue weighted by molar-refractivity contribution is 5.48. The van der Waals surface area contributed by atoms with Crippen molar-refractivity contribution in [3.05, 3.63) is 65.2 Å². The molecule has 1 fully saturated rings. The normalized spacial score (nSPS) is 21.4. The summed E-state index contributed by atoms with van der Waals surface area (Å²) in [5.41, 5.74) is 2.63. The first-order valence-corrected chi connectivity index (χ1v) is 6.91. The molecule has 0 bridgehead atoms. The fourth-order valence-electron chi connectivity index (χ4n) is 2.87. The van der Waals surface area contributed by atoms with Crippen LogP contribution in [0.15, 0.2) is 42.5 Å². The van der Waals surface area contributed by atoms with E-state index in [4.69, 9.17) is 0 Å². The third kappa shape index (κ3) is 2.40. The predicted octanol–water partition coefficient (Wildman–Crippen LogP) is 4.63. The van der Waals surface area contributed by atoms with Crippen LogP contribution < -0.4 is 5.32 Å². The van der Waals surface area contributed by atoms with Crippen LogP contribution in [0.25, 0.3) is 0 Å². The molecule has 1 N–H and O–H groups in total. The third-order valence-electron chi connectivity index (χ3n) is 4.08. The Morgan fingerprint density at radius 1 is 0.950 bits per heavy atom. The number of rotatable bonds is 3. The van der Waals surface area contributed by atoms with Gasteiger partial charge >= 0.3 is 0 Å². The van der Waals surface area contributed by atoms with Crippen LogP contribution in [0.4, 0.5) is 14.5 Å². The quantitative estimate of drug-likeness (QED) is 0.859. The Labute approximate surface area is 117 Å². The van der Waals surface area contributed by atoms with Gasteiger partial charge in [0.1, 0.15) is 17.3 Å². The van der Waals surface area contributed by atoms with E-state index in [0.29, 0.717) is 5.92 Å². The van der Waals surface area contributed by atoms with Gasteiger partial charge in [-0.1, -0.05) is 30.3 Å². The lowest BCUT2D eigenvalue weighted by Gasteiger charge is -2.37. The zero-order valence-corrected chi connectivity index (χ0v) is 11.4. The smallest absolute Gasteiger partial charge is 0.149 e. The lowest BCUT2D eigenvalue weighted by molar-refractivity contribution is 0.370. The van der Waals surface area contributed by atoms with Gasteiger partial charge < -0.3 is 5.32 Å². The molecular formula is C17H17F2N. The third-order valence-corrected chi connectivity index (χ3v) is 4.08. The van der Waals surface area contributed by atoms with Crippen molar-refractivity contribution in [1.82, 2.24) is 0 Å². The second-order valence-corrected chi connectivity index (χ2v) is 5.46. The highest BCUT2D eigenvalue weighted by Gasteiger charge is 2.31. The van der Waals surface area contributed by atoms with E-state index in [1.807, 2.05) is 12.1 Å². The zero-order chi connectivity index (χ0) is 14.1. The Morgan fingerprint density at radius 3 is 2.25 bits per heavy atom. The van der Waals surface area contributed by atoms with Gasteiger partial charge in [-0.05, 0) is 48.9 Å². The van der Waals surface area contributed by atoms with Gasteiger partial charge in [-0.3, -0.25) is 0 Å². The Kier molecular flexibility index (Phi) is 3.43. The summed E-state index contributed by atoms with van der Waals surface area (Å²) >= 11 is 0. The van der Waals surface area contributed by atoms with E-state index in [-0.39, 0.29) is 11.7 Å². The molecular weight excluding hydrogens is 256 g/mol. The van der Waals surface area contributed by atoms with Crippen LogP contribution in [0.3, 0.4) is 0 Å². The summed E-state index contributed by atoms with van der Waals surface area (Å²) in [5, 5.41) is 2.98. The lowest BCUT2D eigenvalue weighted by atomic mass is 9.74. The topological polar surface area (TPSA) is 12.0 Å². The van der Waals surface area contributed by atoms with Crippen molar-refractivity contribution in [1.29, 1.82) is 0 Å². The number of para-hydroxylation sites is 1. The molecule has 0 spiro atoms. The first kappa shape index (κ1) is 13.1. The van der Waals surface area contributed by atoms with Gasteiger partial charge in [0.25, 0.3) is 0 Å². The SMILES string of the molecule is Cc1ccccc1C1CC(Nc2c(F)cccc2F)C1. The first-order valence-electron chi connectivity index (χ1n) is 6.91. The molecule has 1 saturated carbocycles. The van der Waals surface area contributed by atoms with Crippen LogP contribution in [0.2, 0.25) is 0 Å². The van der Waals surface area contributed by atoms with Crippen molar-refractivity contribution >= 4 is 5.69 Å². The number of anilines is 1. The van der Waals surface area contributed by atoms with Crippen molar-refractivity contribution in [3.8, 4) is 0 Å². The Bertz CT molecular complexity index is 598. The molecule has 0 radical (unpaired) electrons. The highest BCUT2D eigenvalue weighted by atomic mass is 19.1. The van der Waals surface area contributed by atoms with E-state index in [1.54, 1.807) is 0 Å². The number of hydrogen-bond donors (Lipinski definition) is 1. The maximum absolute atomic E-state index is 13.6. The molecule has 20 heavy (non-hydrogen) atoms. The van der Waals surface area contributed by atoms with Crippen molar-refractivity contribution < 1.29 is 8.78 Å². The van der Waals surface area contributed by atoms with Crippen molar-refractivity contribution in [2.45, 2.75) is 31.7 Å². The van der Waals surface area contributed by atoms with Gasteiger partial charge in [0.2, 0.25) is 0 Å². The fraction of sp³-hybridized carbons (Fsp3) is 0.294. The van der Waals surface area contributed by atoms with Gasteiger partial charge in [0.05, 0.1) is 0 Å². The van der Waals surface area contributed by atoms with E-state index >= 15 is 0 Å². The van der Waals surface area contributed by atoms with E-state index in [9.17, 15) is 8.78 Å². The van der Waals surface area contributed by atoms with E-state index < -0.39 is 11.6 Å². The van der Waals surface area contributed by atoms with Crippen molar-refractivity contribution in [2.75, 3.05) is 5.32 Å². The minimum atomic E-state index is -0.524. The number of benzene rings is 2. The molecule has 1 aliphatic rings. The second kappa shape index (κ2) is 5.23. The Balaban J connectivity index is 1.66. The summed E-state index contributed by atoms with van der Waals surface area (Å²) in [4.78, 5) is 0. The van der Waals surface area contributed by atoms with Crippen molar-refractivity contribution in [2.24, 2.45) is 0 Å². The Morgan fingerprint density at radius 2 is 1.60 bits per heavy atom. The second-order valence-electron chi connectivity index (χ2n) is 5.46. The number of hydrogen-bond acceptors (Lipinski definition) is 1. The average molecular weight is 273 g/mol. The van der Waals surface area contributed by atoms with Gasteiger partial charge in [-0.2, -0.15) is 0 Å². The van der Waals surface area contributed by atoms with Gasteiger partial charge in [0, 0.05) is 6.04 Å². The molecule has 0 atom stereocenters. The molecule has 1 aliphatic carbocycles. The standard InChI is InChI=1S/C17H17F2N/c1-11-5-2-3-6-14(11)12-9-13(10-12)20-17-15(18)7-4-8-16(17)19/h2-8,12-13,20H,9-10H2,1H3. The number of aryl methyl sites for hydroxylation is 1. The maximum Gasteiger partial charge on any atom is 0.149 e. The van der Waals surface area contributed by atoms with Crippen LogP contribution in [0.1, 0.15) is 29.9 Å². The molecule has 3 heteroatoms. The van der Waals surface area contributed by atoms with Gasteiger partial charge in [0.15, 0.2) is 0 Å². The zero-order valence-electron chi connectivity index (χ0n) is 11.4. The summed E-state index contributed by atoms with van der Waals surface area (Å²) < 4.78 is 27.1. The van der Waals surface area contributed by atoms with Crippen LogP contribution in [0, 0.1) is 18.6 Å². The molecule has 0 heterocycles. The average Bonchev–Trinajstić information content (AvgIpc) is 2.37. The van der Waals surface area contributed by atoms with E-state index in [2.05, 4.69) is 24.4 Å². The summed E-state index contributed by atoms with van der Waals surface area (Å²) in [6, 6.07) is 12.4. The molecule has 0 aromatic heterocycles. The van der Waals surface area contributed by atoms with Crippen LogP contribution >= 0.6 is 0 Å². The monoisotopic (exact) mass is 273 g/mol. The molecule has 0 amide bonds.